The highest BCUT2D eigenvalue weighted by atomic mass is 16.8. The highest BCUT2D eigenvalue weighted by molar-refractivity contribution is 5.73. The van der Waals surface area contributed by atoms with Gasteiger partial charge in [0.25, 0.3) is 0 Å². The van der Waals surface area contributed by atoms with Crippen molar-refractivity contribution in [3.8, 4) is 5.75 Å². The number of benzene rings is 1. The predicted octanol–water partition coefficient (Wildman–Crippen LogP) is -1.66. The van der Waals surface area contributed by atoms with Crippen LogP contribution in [0.15, 0.2) is 24.3 Å². The third-order valence-corrected chi connectivity index (χ3v) is 3.53. The lowest BCUT2D eigenvalue weighted by Crippen LogP contribution is -2.68. The number of aliphatic hydroxyl groups is 4. The summed E-state index contributed by atoms with van der Waals surface area (Å²) in [5.74, 6) is -5.03. The maximum atomic E-state index is 11.0. The molecular formula is C15H18O10. The molecule has 5 atom stereocenters. The number of carboxylic acids is 1. The van der Waals surface area contributed by atoms with E-state index < -0.39 is 42.3 Å². The molecule has 10 heteroatoms. The van der Waals surface area contributed by atoms with Crippen molar-refractivity contribution in [1.29, 1.82) is 0 Å². The third kappa shape index (κ3) is 4.24. The molecule has 0 spiro atoms. The van der Waals surface area contributed by atoms with Crippen LogP contribution in [0.4, 0.5) is 0 Å². The largest absolute Gasteiger partial charge is 0.479 e. The van der Waals surface area contributed by atoms with Gasteiger partial charge in [-0.2, -0.15) is 0 Å². The first-order valence-electron chi connectivity index (χ1n) is 7.22. The Hall–Kier alpha value is -2.24. The van der Waals surface area contributed by atoms with Crippen molar-refractivity contribution in [2.24, 2.45) is 0 Å². The average molecular weight is 358 g/mol. The van der Waals surface area contributed by atoms with Gasteiger partial charge in [-0.3, -0.25) is 9.53 Å². The van der Waals surface area contributed by atoms with E-state index in [-0.39, 0.29) is 12.4 Å². The van der Waals surface area contributed by atoms with E-state index in [2.05, 4.69) is 0 Å². The zero-order chi connectivity index (χ0) is 18.8. The lowest BCUT2D eigenvalue weighted by Gasteiger charge is -2.43. The van der Waals surface area contributed by atoms with E-state index in [1.807, 2.05) is 0 Å². The Kier molecular flexibility index (Phi) is 5.60. The number of ether oxygens (including phenoxy) is 3. The van der Waals surface area contributed by atoms with Gasteiger partial charge in [-0.15, -0.1) is 0 Å². The van der Waals surface area contributed by atoms with Crippen LogP contribution in [0.3, 0.4) is 0 Å². The van der Waals surface area contributed by atoms with E-state index in [0.29, 0.717) is 5.56 Å². The van der Waals surface area contributed by atoms with Gasteiger partial charge in [0, 0.05) is 6.92 Å². The molecule has 1 aliphatic heterocycles. The van der Waals surface area contributed by atoms with E-state index in [1.165, 1.54) is 31.2 Å². The number of carbonyl (C=O) groups excluding carboxylic acids is 1. The van der Waals surface area contributed by atoms with Crippen molar-refractivity contribution in [2.75, 3.05) is 0 Å². The summed E-state index contributed by atoms with van der Waals surface area (Å²) in [6.45, 7) is 1.28. The maximum absolute atomic E-state index is 11.0. The van der Waals surface area contributed by atoms with E-state index in [0.717, 1.165) is 0 Å². The number of aliphatic hydroxyl groups excluding tert-OH is 3. The summed E-state index contributed by atoms with van der Waals surface area (Å²) in [5, 5.41) is 48.4. The SMILES string of the molecule is CC(=O)OCc1ccc(O[C@]2(O)O[C@H](C(=O)O)[C@@H](O)[C@H](O)[C@H]2O)cc1. The zero-order valence-electron chi connectivity index (χ0n) is 13.1. The van der Waals surface area contributed by atoms with Gasteiger partial charge in [-0.1, -0.05) is 12.1 Å². The van der Waals surface area contributed by atoms with Crippen molar-refractivity contribution < 1.29 is 49.3 Å². The lowest BCUT2D eigenvalue weighted by atomic mass is 9.97. The first kappa shape index (κ1) is 19.1. The number of hydrogen-bond acceptors (Lipinski definition) is 9. The van der Waals surface area contributed by atoms with E-state index in [9.17, 15) is 30.0 Å². The monoisotopic (exact) mass is 358 g/mol. The van der Waals surface area contributed by atoms with Crippen LogP contribution in [0.25, 0.3) is 0 Å². The van der Waals surface area contributed by atoms with E-state index >= 15 is 0 Å². The van der Waals surface area contributed by atoms with Crippen LogP contribution in [-0.2, 0) is 25.7 Å². The fraction of sp³-hybridized carbons (Fsp3) is 0.467. The molecule has 1 aliphatic rings. The van der Waals surface area contributed by atoms with Gasteiger partial charge in [-0.05, 0) is 17.7 Å². The standard InChI is InChI=1S/C15H18O10/c1-7(16)23-6-8-2-4-9(5-3-8)24-15(22)13(19)11(18)10(17)12(25-15)14(20)21/h2-5,10-13,17-19,22H,6H2,1H3,(H,20,21)/t10-,11-,12-,13+,15-/m0/s1. The van der Waals surface area contributed by atoms with Gasteiger partial charge >= 0.3 is 17.9 Å². The molecule has 0 aliphatic carbocycles. The fourth-order valence-electron chi connectivity index (χ4n) is 2.19. The third-order valence-electron chi connectivity index (χ3n) is 3.53. The normalized spacial score (nSPS) is 32.0. The number of hydrogen-bond donors (Lipinski definition) is 5. The van der Waals surface area contributed by atoms with Crippen molar-refractivity contribution >= 4 is 11.9 Å². The fourth-order valence-corrected chi connectivity index (χ4v) is 2.19. The summed E-state index contributed by atoms with van der Waals surface area (Å²) >= 11 is 0. The molecule has 0 aromatic heterocycles. The second-order valence-electron chi connectivity index (χ2n) is 5.46. The van der Waals surface area contributed by atoms with Gasteiger partial charge in [0.2, 0.25) is 0 Å². The molecule has 2 rings (SSSR count). The van der Waals surface area contributed by atoms with Crippen LogP contribution in [0, 0.1) is 0 Å². The Morgan fingerprint density at radius 3 is 2.28 bits per heavy atom. The van der Waals surface area contributed by atoms with Gasteiger partial charge in [-0.25, -0.2) is 4.79 Å². The summed E-state index contributed by atoms with van der Waals surface area (Å²) in [7, 11) is 0. The number of carbonyl (C=O) groups is 2. The van der Waals surface area contributed by atoms with E-state index in [1.54, 1.807) is 0 Å². The first-order valence-corrected chi connectivity index (χ1v) is 7.22. The molecule has 0 amide bonds. The Balaban J connectivity index is 2.13. The second-order valence-corrected chi connectivity index (χ2v) is 5.46. The summed E-state index contributed by atoms with van der Waals surface area (Å²) in [5.41, 5.74) is 0.610. The first-order chi connectivity index (χ1) is 11.6. The minimum Gasteiger partial charge on any atom is -0.479 e. The molecule has 5 N–H and O–H groups in total. The molecule has 0 radical (unpaired) electrons. The molecule has 1 aromatic rings. The van der Waals surface area contributed by atoms with Crippen LogP contribution in [0.1, 0.15) is 12.5 Å². The van der Waals surface area contributed by atoms with Gasteiger partial charge in [0.05, 0.1) is 0 Å². The number of esters is 1. The highest BCUT2D eigenvalue weighted by Gasteiger charge is 2.57. The second kappa shape index (κ2) is 7.33. The summed E-state index contributed by atoms with van der Waals surface area (Å²) in [6.07, 6.45) is -8.10. The molecule has 10 nitrogen and oxygen atoms in total. The number of aliphatic carboxylic acids is 1. The van der Waals surface area contributed by atoms with Gasteiger partial charge in [0.1, 0.15) is 24.6 Å². The molecule has 0 bridgehead atoms. The Labute approximate surface area is 141 Å². The number of rotatable bonds is 5. The van der Waals surface area contributed by atoms with Crippen LogP contribution >= 0.6 is 0 Å². The molecule has 1 heterocycles. The minimum atomic E-state index is -2.89. The quantitative estimate of drug-likeness (QED) is 0.304. The van der Waals surface area contributed by atoms with Crippen molar-refractivity contribution in [3.63, 3.8) is 0 Å². The average Bonchev–Trinajstić information content (AvgIpc) is 2.55. The lowest BCUT2D eigenvalue weighted by molar-refractivity contribution is -0.415. The molecule has 0 unspecified atom stereocenters. The van der Waals surface area contributed by atoms with Crippen molar-refractivity contribution in [1.82, 2.24) is 0 Å². The van der Waals surface area contributed by atoms with Crippen LogP contribution in [0.5, 0.6) is 5.75 Å². The Bertz CT molecular complexity index is 630. The van der Waals surface area contributed by atoms with Gasteiger partial charge < -0.3 is 35.0 Å². The Morgan fingerprint density at radius 2 is 1.76 bits per heavy atom. The molecule has 0 saturated carbocycles. The van der Waals surface area contributed by atoms with Crippen LogP contribution < -0.4 is 4.74 Å². The van der Waals surface area contributed by atoms with Crippen LogP contribution in [0.2, 0.25) is 0 Å². The molecule has 25 heavy (non-hydrogen) atoms. The number of carboxylic acid groups (broad SMARTS) is 1. The van der Waals surface area contributed by atoms with E-state index in [4.69, 9.17) is 19.3 Å². The molecule has 1 fully saturated rings. The van der Waals surface area contributed by atoms with Gasteiger partial charge in [0.15, 0.2) is 12.2 Å². The van der Waals surface area contributed by atoms with Crippen LogP contribution in [-0.4, -0.2) is 67.9 Å². The molecular weight excluding hydrogens is 340 g/mol. The molecule has 1 saturated heterocycles. The minimum absolute atomic E-state index is 0.0189. The topological polar surface area (TPSA) is 163 Å². The van der Waals surface area contributed by atoms with Crippen molar-refractivity contribution in [3.05, 3.63) is 29.8 Å². The maximum Gasteiger partial charge on any atom is 0.355 e. The van der Waals surface area contributed by atoms with Crippen molar-refractivity contribution in [2.45, 2.75) is 43.9 Å². The summed E-state index contributed by atoms with van der Waals surface area (Å²) in [6, 6.07) is 5.69. The zero-order valence-corrected chi connectivity index (χ0v) is 13.1. The predicted molar refractivity (Wildman–Crippen MR) is 78.0 cm³/mol. The smallest absolute Gasteiger partial charge is 0.355 e. The molecule has 138 valence electrons. The summed E-state index contributed by atoms with van der Waals surface area (Å²) in [4.78, 5) is 21.8. The highest BCUT2D eigenvalue weighted by Crippen LogP contribution is 2.31. The summed E-state index contributed by atoms with van der Waals surface area (Å²) < 4.78 is 14.6. The molecule has 1 aromatic carbocycles. The Morgan fingerprint density at radius 1 is 1.16 bits per heavy atom.